The van der Waals surface area contributed by atoms with Crippen molar-refractivity contribution in [3.63, 3.8) is 0 Å². The Morgan fingerprint density at radius 2 is 1.57 bits per heavy atom. The van der Waals surface area contributed by atoms with Gasteiger partial charge in [0.2, 0.25) is 0 Å². The van der Waals surface area contributed by atoms with Gasteiger partial charge in [-0.25, -0.2) is 9.37 Å². The van der Waals surface area contributed by atoms with Crippen molar-refractivity contribution in [2.75, 3.05) is 0 Å². The van der Waals surface area contributed by atoms with Gasteiger partial charge in [-0.1, -0.05) is 45.0 Å². The number of aromatic amines is 1. The summed E-state index contributed by atoms with van der Waals surface area (Å²) in [5.41, 5.74) is -1.85. The zero-order valence-electron chi connectivity index (χ0n) is 16.9. The standard InChI is InChI=1S/C22H23F4N3O/c1-20(2,3)10-17-13-28-19(29-17)11-21(30,22(24,25)26)15-6-4-14(5-7-15)18-9-8-16(23)12-27-18/h4-9,12-13,30H,10-11H2,1-3H3,(H,28,29). The average Bonchev–Trinajstić information content (AvgIpc) is 3.06. The van der Waals surface area contributed by atoms with Gasteiger partial charge in [-0.3, -0.25) is 4.98 Å². The van der Waals surface area contributed by atoms with Crippen molar-refractivity contribution in [2.45, 2.75) is 45.4 Å². The Labute approximate surface area is 172 Å². The number of H-pyrrole nitrogens is 1. The molecular weight excluding hydrogens is 398 g/mol. The van der Waals surface area contributed by atoms with E-state index in [2.05, 4.69) is 15.0 Å². The van der Waals surface area contributed by atoms with Crippen LogP contribution in [0.2, 0.25) is 0 Å². The highest BCUT2D eigenvalue weighted by molar-refractivity contribution is 5.59. The van der Waals surface area contributed by atoms with Crippen LogP contribution in [0.5, 0.6) is 0 Å². The van der Waals surface area contributed by atoms with E-state index in [9.17, 15) is 22.7 Å². The molecular formula is C22H23F4N3O. The second kappa shape index (κ2) is 7.83. The lowest BCUT2D eigenvalue weighted by Crippen LogP contribution is -2.44. The summed E-state index contributed by atoms with van der Waals surface area (Å²) in [6, 6.07) is 7.88. The van der Waals surface area contributed by atoms with Gasteiger partial charge >= 0.3 is 6.18 Å². The summed E-state index contributed by atoms with van der Waals surface area (Å²) >= 11 is 0. The van der Waals surface area contributed by atoms with Crippen molar-refractivity contribution in [1.29, 1.82) is 0 Å². The molecule has 0 aliphatic rings. The van der Waals surface area contributed by atoms with Gasteiger partial charge in [-0.2, -0.15) is 13.2 Å². The number of rotatable bonds is 5. The minimum atomic E-state index is -4.92. The number of nitrogens with zero attached hydrogens (tertiary/aromatic N) is 2. The second-order valence-electron chi connectivity index (χ2n) is 8.57. The lowest BCUT2D eigenvalue weighted by molar-refractivity contribution is -0.266. The first-order chi connectivity index (χ1) is 13.9. The van der Waals surface area contributed by atoms with E-state index in [4.69, 9.17) is 0 Å². The van der Waals surface area contributed by atoms with E-state index in [0.29, 0.717) is 23.4 Å². The van der Waals surface area contributed by atoms with Crippen LogP contribution in [-0.4, -0.2) is 26.2 Å². The van der Waals surface area contributed by atoms with Gasteiger partial charge in [0.1, 0.15) is 11.6 Å². The highest BCUT2D eigenvalue weighted by Gasteiger charge is 2.55. The molecule has 0 spiro atoms. The van der Waals surface area contributed by atoms with Gasteiger partial charge in [-0.15, -0.1) is 0 Å². The Morgan fingerprint density at radius 1 is 0.900 bits per heavy atom. The second-order valence-corrected chi connectivity index (χ2v) is 8.57. The van der Waals surface area contributed by atoms with E-state index in [1.54, 1.807) is 0 Å². The summed E-state index contributed by atoms with van der Waals surface area (Å²) < 4.78 is 54.7. The molecule has 1 unspecified atom stereocenters. The Kier molecular flexibility index (Phi) is 5.73. The maximum atomic E-state index is 13.9. The fourth-order valence-corrected chi connectivity index (χ4v) is 3.23. The molecule has 160 valence electrons. The van der Waals surface area contributed by atoms with E-state index in [1.165, 1.54) is 42.6 Å². The van der Waals surface area contributed by atoms with Gasteiger partial charge in [0, 0.05) is 23.9 Å². The van der Waals surface area contributed by atoms with Crippen molar-refractivity contribution in [1.82, 2.24) is 15.0 Å². The van der Waals surface area contributed by atoms with Crippen LogP contribution in [-0.2, 0) is 18.4 Å². The molecule has 1 atom stereocenters. The number of aliphatic hydroxyl groups is 1. The molecule has 30 heavy (non-hydrogen) atoms. The summed E-state index contributed by atoms with van der Waals surface area (Å²) in [7, 11) is 0. The maximum Gasteiger partial charge on any atom is 0.421 e. The van der Waals surface area contributed by atoms with Gasteiger partial charge in [0.25, 0.3) is 0 Å². The first-order valence-corrected chi connectivity index (χ1v) is 9.42. The molecule has 8 heteroatoms. The zero-order chi connectivity index (χ0) is 22.2. The maximum absolute atomic E-state index is 13.9. The van der Waals surface area contributed by atoms with Crippen molar-refractivity contribution in [3.8, 4) is 11.3 Å². The van der Waals surface area contributed by atoms with Crippen molar-refractivity contribution in [3.05, 3.63) is 71.7 Å². The Balaban J connectivity index is 1.89. The molecule has 0 aliphatic carbocycles. The van der Waals surface area contributed by atoms with Crippen molar-refractivity contribution >= 4 is 0 Å². The molecule has 1 aromatic carbocycles. The number of hydrogen-bond donors (Lipinski definition) is 2. The van der Waals surface area contributed by atoms with Gasteiger partial charge < -0.3 is 10.1 Å². The smallest absolute Gasteiger partial charge is 0.376 e. The van der Waals surface area contributed by atoms with Gasteiger partial charge in [-0.05, 0) is 29.5 Å². The third kappa shape index (κ3) is 4.87. The monoisotopic (exact) mass is 421 g/mol. The summed E-state index contributed by atoms with van der Waals surface area (Å²) in [6.45, 7) is 6.03. The van der Waals surface area contributed by atoms with E-state index in [-0.39, 0.29) is 16.8 Å². The van der Waals surface area contributed by atoms with Crippen LogP contribution in [0.4, 0.5) is 17.6 Å². The van der Waals surface area contributed by atoms with E-state index in [1.807, 2.05) is 20.8 Å². The molecule has 2 N–H and O–H groups in total. The van der Waals surface area contributed by atoms with Crippen LogP contribution < -0.4 is 0 Å². The minimum absolute atomic E-state index is 0.0540. The number of halogens is 4. The van der Waals surface area contributed by atoms with Crippen LogP contribution in [0.25, 0.3) is 11.3 Å². The number of nitrogens with one attached hydrogen (secondary N) is 1. The lowest BCUT2D eigenvalue weighted by Gasteiger charge is -2.30. The first-order valence-electron chi connectivity index (χ1n) is 9.42. The van der Waals surface area contributed by atoms with Crippen LogP contribution in [0.1, 0.15) is 37.9 Å². The molecule has 0 bridgehead atoms. The molecule has 4 nitrogen and oxygen atoms in total. The first kappa shape index (κ1) is 22.0. The predicted molar refractivity (Wildman–Crippen MR) is 105 cm³/mol. The van der Waals surface area contributed by atoms with Gasteiger partial charge in [0.15, 0.2) is 5.60 Å². The Morgan fingerprint density at radius 3 is 2.10 bits per heavy atom. The fraction of sp³-hybridized carbons (Fsp3) is 0.364. The van der Waals surface area contributed by atoms with Crippen LogP contribution in [0.15, 0.2) is 48.8 Å². The summed E-state index contributed by atoms with van der Waals surface area (Å²) in [5, 5.41) is 10.7. The molecule has 3 aromatic rings. The predicted octanol–water partition coefficient (Wildman–Crippen LogP) is 5.19. The molecule has 0 saturated carbocycles. The number of aromatic nitrogens is 3. The molecule has 3 rings (SSSR count). The van der Waals surface area contributed by atoms with Crippen LogP contribution >= 0.6 is 0 Å². The zero-order valence-corrected chi connectivity index (χ0v) is 16.9. The third-order valence-electron chi connectivity index (χ3n) is 4.68. The summed E-state index contributed by atoms with van der Waals surface area (Å²) in [5.74, 6) is -0.454. The SMILES string of the molecule is CC(C)(C)Cc1cnc(CC(O)(c2ccc(-c3ccc(F)cn3)cc2)C(F)(F)F)[nH]1. The summed E-state index contributed by atoms with van der Waals surface area (Å²) in [4.78, 5) is 10.8. The quantitative estimate of drug-likeness (QED) is 0.557. The Bertz CT molecular complexity index is 989. The largest absolute Gasteiger partial charge is 0.421 e. The number of pyridine rings is 1. The normalized spacial score (nSPS) is 14.5. The third-order valence-corrected chi connectivity index (χ3v) is 4.68. The minimum Gasteiger partial charge on any atom is -0.376 e. The molecule has 0 radical (unpaired) electrons. The molecule has 0 fully saturated rings. The Hall–Kier alpha value is -2.74. The van der Waals surface area contributed by atoms with Crippen molar-refractivity contribution < 1.29 is 22.7 Å². The fourth-order valence-electron chi connectivity index (χ4n) is 3.23. The average molecular weight is 421 g/mol. The topological polar surface area (TPSA) is 61.8 Å². The van der Waals surface area contributed by atoms with E-state index in [0.717, 1.165) is 6.20 Å². The van der Waals surface area contributed by atoms with Gasteiger partial charge in [0.05, 0.1) is 11.9 Å². The molecule has 0 aliphatic heterocycles. The highest BCUT2D eigenvalue weighted by Crippen LogP contribution is 2.41. The summed E-state index contributed by atoms with van der Waals surface area (Å²) in [6.07, 6.45) is -2.51. The van der Waals surface area contributed by atoms with Crippen LogP contribution in [0, 0.1) is 11.2 Å². The van der Waals surface area contributed by atoms with Crippen molar-refractivity contribution in [2.24, 2.45) is 5.41 Å². The van der Waals surface area contributed by atoms with E-state index < -0.39 is 24.0 Å². The number of imidazole rings is 1. The number of hydrogen-bond acceptors (Lipinski definition) is 3. The highest BCUT2D eigenvalue weighted by atomic mass is 19.4. The number of benzene rings is 1. The van der Waals surface area contributed by atoms with E-state index >= 15 is 0 Å². The lowest BCUT2D eigenvalue weighted by atomic mass is 9.88. The molecule has 2 heterocycles. The molecule has 2 aromatic heterocycles. The number of alkyl halides is 3. The molecule has 0 amide bonds. The van der Waals surface area contributed by atoms with Crippen LogP contribution in [0.3, 0.4) is 0 Å². The molecule has 0 saturated heterocycles.